The van der Waals surface area contributed by atoms with Gasteiger partial charge in [0.2, 0.25) is 5.91 Å². The van der Waals surface area contributed by atoms with Crippen molar-refractivity contribution in [3.63, 3.8) is 0 Å². The van der Waals surface area contributed by atoms with Crippen LogP contribution in [0.15, 0.2) is 24.3 Å². The monoisotopic (exact) mass is 363 g/mol. The van der Waals surface area contributed by atoms with Crippen LogP contribution in [0.25, 0.3) is 10.4 Å². The lowest BCUT2D eigenvalue weighted by atomic mass is 10.1. The van der Waals surface area contributed by atoms with Gasteiger partial charge >= 0.3 is 5.97 Å². The van der Waals surface area contributed by atoms with Crippen molar-refractivity contribution in [2.24, 2.45) is 0 Å². The summed E-state index contributed by atoms with van der Waals surface area (Å²) in [5, 5.41) is 2.76. The first kappa shape index (κ1) is 18.8. The topological polar surface area (TPSA) is 73.9 Å². The maximum Gasteiger partial charge on any atom is 0.350 e. The Labute approximate surface area is 150 Å². The van der Waals surface area contributed by atoms with Crippen molar-refractivity contribution in [3.05, 3.63) is 29.1 Å². The van der Waals surface area contributed by atoms with Gasteiger partial charge in [0.05, 0.1) is 26.5 Å². The number of rotatable bonds is 7. The smallest absolute Gasteiger partial charge is 0.350 e. The molecule has 0 saturated carbocycles. The molecule has 25 heavy (non-hydrogen) atoms. The van der Waals surface area contributed by atoms with Crippen LogP contribution in [-0.2, 0) is 9.53 Å². The van der Waals surface area contributed by atoms with E-state index < -0.39 is 5.97 Å². The van der Waals surface area contributed by atoms with Crippen LogP contribution in [0.4, 0.5) is 5.69 Å². The zero-order chi connectivity index (χ0) is 18.4. The number of carbonyl (C=O) groups is 2. The maximum absolute atomic E-state index is 12.2. The molecule has 6 nitrogen and oxygen atoms in total. The van der Waals surface area contributed by atoms with Crippen molar-refractivity contribution in [1.82, 2.24) is 0 Å². The number of nitrogens with one attached hydrogen (secondary N) is 1. The number of esters is 1. The molecule has 0 saturated heterocycles. The fourth-order valence-corrected chi connectivity index (χ4v) is 3.21. The average molecular weight is 363 g/mol. The van der Waals surface area contributed by atoms with E-state index in [0.717, 1.165) is 10.4 Å². The Bertz CT molecular complexity index is 769. The van der Waals surface area contributed by atoms with Gasteiger partial charge in [-0.1, -0.05) is 6.92 Å². The quantitative estimate of drug-likeness (QED) is 0.754. The molecule has 134 valence electrons. The molecule has 1 N–H and O–H groups in total. The van der Waals surface area contributed by atoms with E-state index in [1.165, 1.54) is 11.3 Å². The van der Waals surface area contributed by atoms with E-state index in [4.69, 9.17) is 14.2 Å². The summed E-state index contributed by atoms with van der Waals surface area (Å²) in [6.45, 7) is 3.76. The van der Waals surface area contributed by atoms with Crippen LogP contribution in [-0.4, -0.2) is 32.7 Å². The molecule has 0 unspecified atom stereocenters. The van der Waals surface area contributed by atoms with Gasteiger partial charge < -0.3 is 19.5 Å². The van der Waals surface area contributed by atoms with Gasteiger partial charge in [0, 0.05) is 11.3 Å². The van der Waals surface area contributed by atoms with E-state index in [1.807, 2.05) is 12.1 Å². The SMILES string of the molecule is CCOC(=O)c1sc(-c2ccc(OC)c(OC)c2)cc1NC(=O)CC. The molecule has 0 atom stereocenters. The molecule has 2 rings (SSSR count). The first-order valence-corrected chi connectivity index (χ1v) is 8.68. The van der Waals surface area contributed by atoms with E-state index >= 15 is 0 Å². The van der Waals surface area contributed by atoms with Gasteiger partial charge in [-0.05, 0) is 36.8 Å². The van der Waals surface area contributed by atoms with Crippen LogP contribution >= 0.6 is 11.3 Å². The second kappa shape index (κ2) is 8.53. The van der Waals surface area contributed by atoms with Crippen molar-refractivity contribution in [1.29, 1.82) is 0 Å². The highest BCUT2D eigenvalue weighted by atomic mass is 32.1. The zero-order valence-electron chi connectivity index (χ0n) is 14.7. The van der Waals surface area contributed by atoms with Crippen LogP contribution in [0.2, 0.25) is 0 Å². The summed E-state index contributed by atoms with van der Waals surface area (Å²) in [7, 11) is 3.13. The Morgan fingerprint density at radius 1 is 1.08 bits per heavy atom. The summed E-state index contributed by atoms with van der Waals surface area (Å²) in [4.78, 5) is 25.1. The minimum atomic E-state index is -0.453. The van der Waals surface area contributed by atoms with E-state index in [9.17, 15) is 9.59 Å². The molecule has 0 fully saturated rings. The number of hydrogen-bond acceptors (Lipinski definition) is 6. The lowest BCUT2D eigenvalue weighted by molar-refractivity contribution is -0.115. The van der Waals surface area contributed by atoms with Crippen LogP contribution in [0, 0.1) is 0 Å². The fraction of sp³-hybridized carbons (Fsp3) is 0.333. The predicted octanol–water partition coefficient (Wildman–Crippen LogP) is 3.96. The van der Waals surface area contributed by atoms with Crippen LogP contribution in [0.5, 0.6) is 11.5 Å². The van der Waals surface area contributed by atoms with Crippen molar-refractivity contribution in [2.45, 2.75) is 20.3 Å². The molecule has 0 aliphatic rings. The van der Waals surface area contributed by atoms with Gasteiger partial charge in [-0.15, -0.1) is 11.3 Å². The van der Waals surface area contributed by atoms with Gasteiger partial charge in [0.15, 0.2) is 11.5 Å². The highest BCUT2D eigenvalue weighted by molar-refractivity contribution is 7.18. The molecular weight excluding hydrogens is 342 g/mol. The highest BCUT2D eigenvalue weighted by Crippen LogP contribution is 2.39. The molecular formula is C18H21NO5S. The van der Waals surface area contributed by atoms with Crippen molar-refractivity contribution in [3.8, 4) is 21.9 Å². The number of carbonyl (C=O) groups excluding carboxylic acids is 2. The molecule has 1 aromatic carbocycles. The predicted molar refractivity (Wildman–Crippen MR) is 97.7 cm³/mol. The lowest BCUT2D eigenvalue weighted by Gasteiger charge is -2.08. The Balaban J connectivity index is 2.46. The van der Waals surface area contributed by atoms with Gasteiger partial charge in [0.25, 0.3) is 0 Å². The summed E-state index contributed by atoms with van der Waals surface area (Å²) >= 11 is 1.26. The number of anilines is 1. The molecule has 0 spiro atoms. The van der Waals surface area contributed by atoms with E-state index in [2.05, 4.69) is 5.32 Å². The minimum absolute atomic E-state index is 0.165. The van der Waals surface area contributed by atoms with Crippen LogP contribution < -0.4 is 14.8 Å². The summed E-state index contributed by atoms with van der Waals surface area (Å²) in [6, 6.07) is 7.26. The number of amides is 1. The average Bonchev–Trinajstić information content (AvgIpc) is 3.04. The molecule has 0 aliphatic carbocycles. The number of methoxy groups -OCH3 is 2. The summed E-state index contributed by atoms with van der Waals surface area (Å²) in [6.07, 6.45) is 0.323. The second-order valence-electron chi connectivity index (χ2n) is 5.05. The molecule has 1 amide bonds. The number of hydrogen-bond donors (Lipinski definition) is 1. The van der Waals surface area contributed by atoms with Gasteiger partial charge in [-0.25, -0.2) is 4.79 Å². The molecule has 2 aromatic rings. The number of thiophene rings is 1. The largest absolute Gasteiger partial charge is 0.493 e. The Hall–Kier alpha value is -2.54. The summed E-state index contributed by atoms with van der Waals surface area (Å²) in [5.74, 6) is 0.589. The van der Waals surface area contributed by atoms with Gasteiger partial charge in [-0.3, -0.25) is 4.79 Å². The number of ether oxygens (including phenoxy) is 3. The Morgan fingerprint density at radius 2 is 1.80 bits per heavy atom. The Morgan fingerprint density at radius 3 is 2.40 bits per heavy atom. The summed E-state index contributed by atoms with van der Waals surface area (Å²) in [5.41, 5.74) is 1.31. The molecule has 1 heterocycles. The molecule has 1 aromatic heterocycles. The molecule has 0 radical (unpaired) electrons. The number of benzene rings is 1. The molecule has 0 bridgehead atoms. The maximum atomic E-state index is 12.2. The highest BCUT2D eigenvalue weighted by Gasteiger charge is 2.20. The lowest BCUT2D eigenvalue weighted by Crippen LogP contribution is -2.12. The third kappa shape index (κ3) is 4.30. The normalized spacial score (nSPS) is 10.2. The first-order chi connectivity index (χ1) is 12.0. The van der Waals surface area contributed by atoms with E-state index in [1.54, 1.807) is 40.2 Å². The third-order valence-electron chi connectivity index (χ3n) is 3.46. The molecule has 0 aliphatic heterocycles. The van der Waals surface area contributed by atoms with Crippen molar-refractivity contribution in [2.75, 3.05) is 26.1 Å². The fourth-order valence-electron chi connectivity index (χ4n) is 2.20. The third-order valence-corrected chi connectivity index (χ3v) is 4.62. The van der Waals surface area contributed by atoms with Gasteiger partial charge in [0.1, 0.15) is 4.88 Å². The Kier molecular flexibility index (Phi) is 6.41. The van der Waals surface area contributed by atoms with Gasteiger partial charge in [-0.2, -0.15) is 0 Å². The second-order valence-corrected chi connectivity index (χ2v) is 6.10. The summed E-state index contributed by atoms with van der Waals surface area (Å²) < 4.78 is 15.7. The van der Waals surface area contributed by atoms with E-state index in [-0.39, 0.29) is 12.5 Å². The van der Waals surface area contributed by atoms with Crippen molar-refractivity contribution < 1.29 is 23.8 Å². The van der Waals surface area contributed by atoms with Crippen molar-refractivity contribution >= 4 is 28.9 Å². The molecule has 7 heteroatoms. The standard InChI is InChI=1S/C18H21NO5S/c1-5-16(20)19-12-10-15(25-17(12)18(21)24-6-2)11-7-8-13(22-3)14(9-11)23-4/h7-10H,5-6H2,1-4H3,(H,19,20). The van der Waals surface area contributed by atoms with Crippen LogP contribution in [0.3, 0.4) is 0 Å². The zero-order valence-corrected chi connectivity index (χ0v) is 15.5. The minimum Gasteiger partial charge on any atom is -0.493 e. The van der Waals surface area contributed by atoms with Crippen LogP contribution in [0.1, 0.15) is 29.9 Å². The first-order valence-electron chi connectivity index (χ1n) is 7.87. The van der Waals surface area contributed by atoms with E-state index in [0.29, 0.717) is 28.5 Å².